The van der Waals surface area contributed by atoms with Gasteiger partial charge in [-0.3, -0.25) is 9.69 Å². The van der Waals surface area contributed by atoms with Gasteiger partial charge in [0.2, 0.25) is 0 Å². The molecule has 4 nitrogen and oxygen atoms in total. The van der Waals surface area contributed by atoms with Gasteiger partial charge in [-0.15, -0.1) is 0 Å². The fourth-order valence-corrected chi connectivity index (χ4v) is 4.17. The third kappa shape index (κ3) is 6.73. The summed E-state index contributed by atoms with van der Waals surface area (Å²) in [6, 6.07) is 10.4. The molecule has 0 bridgehead atoms. The summed E-state index contributed by atoms with van der Waals surface area (Å²) in [5.74, 6) is -0.376. The van der Waals surface area contributed by atoms with E-state index in [9.17, 15) is 31.1 Å². The number of hydrogen-bond acceptors (Lipinski definition) is 4. The summed E-state index contributed by atoms with van der Waals surface area (Å²) in [6.45, 7) is 0.637. The number of esters is 1. The minimum atomic E-state index is -4.92. The number of benzene rings is 2. The number of piperidine rings is 1. The highest BCUT2D eigenvalue weighted by molar-refractivity contribution is 5.69. The van der Waals surface area contributed by atoms with Crippen LogP contribution in [-0.4, -0.2) is 37.2 Å². The molecule has 0 saturated carbocycles. The van der Waals surface area contributed by atoms with E-state index in [1.165, 1.54) is 7.11 Å². The van der Waals surface area contributed by atoms with Crippen LogP contribution in [0.5, 0.6) is 0 Å². The van der Waals surface area contributed by atoms with E-state index in [2.05, 4.69) is 0 Å². The Bertz CT molecular complexity index is 929. The van der Waals surface area contributed by atoms with Crippen molar-refractivity contribution in [2.75, 3.05) is 20.2 Å². The van der Waals surface area contributed by atoms with Crippen LogP contribution >= 0.6 is 0 Å². The van der Waals surface area contributed by atoms with Crippen molar-refractivity contribution >= 4 is 5.97 Å². The van der Waals surface area contributed by atoms with Crippen molar-refractivity contribution in [2.24, 2.45) is 0 Å². The number of hydrogen-bond donors (Lipinski definition) is 0. The largest absolute Gasteiger partial charge is 0.469 e. The second-order valence-electron chi connectivity index (χ2n) is 8.12. The number of alkyl halides is 6. The molecular weight excluding hydrogens is 464 g/mol. The third-order valence-electron chi connectivity index (χ3n) is 5.76. The van der Waals surface area contributed by atoms with Gasteiger partial charge in [0.25, 0.3) is 0 Å². The van der Waals surface area contributed by atoms with Gasteiger partial charge < -0.3 is 9.47 Å². The normalized spacial score (nSPS) is 19.7. The average Bonchev–Trinajstić information content (AvgIpc) is 2.80. The molecule has 0 aliphatic carbocycles. The molecule has 1 aliphatic rings. The van der Waals surface area contributed by atoms with Crippen molar-refractivity contribution in [3.63, 3.8) is 0 Å². The summed E-state index contributed by atoms with van der Waals surface area (Å²) in [6.07, 6.45) is -8.91. The van der Waals surface area contributed by atoms with E-state index < -0.39 is 36.2 Å². The van der Waals surface area contributed by atoms with Crippen LogP contribution in [0.4, 0.5) is 26.3 Å². The van der Waals surface area contributed by atoms with Crippen LogP contribution in [0.2, 0.25) is 0 Å². The Morgan fingerprint density at radius 2 is 1.62 bits per heavy atom. The van der Waals surface area contributed by atoms with Crippen molar-refractivity contribution in [1.29, 1.82) is 0 Å². The summed E-state index contributed by atoms with van der Waals surface area (Å²) >= 11 is 0. The summed E-state index contributed by atoms with van der Waals surface area (Å²) in [5, 5.41) is 0. The Morgan fingerprint density at radius 3 is 2.18 bits per heavy atom. The zero-order valence-corrected chi connectivity index (χ0v) is 18.5. The molecule has 10 heteroatoms. The standard InChI is InChI=1S/C24H25F6NO3/c1-33-21(32)9-11-31-10-5-8-20(22(31)17-6-3-2-4-7-17)34-15-16-12-18(23(25,26)27)14-19(13-16)24(28,29)30/h2-4,6-7,12-14,20,22H,5,8-11,15H2,1H3/t20-,22-/m1/s1. The lowest BCUT2D eigenvalue weighted by molar-refractivity contribution is -0.144. The molecule has 2 aromatic rings. The minimum absolute atomic E-state index is 0.103. The molecule has 1 aliphatic heterocycles. The maximum atomic E-state index is 13.2. The van der Waals surface area contributed by atoms with Crippen molar-refractivity contribution in [2.45, 2.75) is 50.4 Å². The predicted molar refractivity (Wildman–Crippen MR) is 112 cm³/mol. The molecule has 0 spiro atoms. The number of carbonyl (C=O) groups excluding carboxylic acids is 1. The first-order chi connectivity index (χ1) is 16.0. The highest BCUT2D eigenvalue weighted by Gasteiger charge is 2.38. The lowest BCUT2D eigenvalue weighted by Gasteiger charge is -2.41. The number of rotatable bonds is 7. The molecule has 1 heterocycles. The molecule has 1 saturated heterocycles. The topological polar surface area (TPSA) is 38.8 Å². The summed E-state index contributed by atoms with van der Waals surface area (Å²) < 4.78 is 89.8. The number of nitrogens with zero attached hydrogens (tertiary/aromatic N) is 1. The summed E-state index contributed by atoms with van der Waals surface area (Å²) in [5.41, 5.74) is -2.06. The van der Waals surface area contributed by atoms with Gasteiger partial charge in [0, 0.05) is 6.54 Å². The quantitative estimate of drug-likeness (QED) is 0.353. The molecule has 2 aromatic carbocycles. The van der Waals surface area contributed by atoms with Crippen molar-refractivity contribution < 1.29 is 40.6 Å². The molecule has 0 N–H and O–H groups in total. The number of methoxy groups -OCH3 is 1. The molecule has 1 fully saturated rings. The zero-order chi connectivity index (χ0) is 24.9. The third-order valence-corrected chi connectivity index (χ3v) is 5.76. The first-order valence-corrected chi connectivity index (χ1v) is 10.7. The van der Waals surface area contributed by atoms with Crippen molar-refractivity contribution in [3.8, 4) is 0 Å². The van der Waals surface area contributed by atoms with Crippen LogP contribution in [0, 0.1) is 0 Å². The molecule has 0 unspecified atom stereocenters. The fourth-order valence-electron chi connectivity index (χ4n) is 4.17. The van der Waals surface area contributed by atoms with Gasteiger partial charge in [-0.25, -0.2) is 0 Å². The van der Waals surface area contributed by atoms with E-state index in [1.54, 1.807) is 0 Å². The van der Waals surface area contributed by atoms with Crippen molar-refractivity contribution in [3.05, 3.63) is 70.8 Å². The van der Waals surface area contributed by atoms with E-state index in [0.717, 1.165) is 5.56 Å². The van der Waals surface area contributed by atoms with Gasteiger partial charge in [0.05, 0.1) is 43.4 Å². The maximum absolute atomic E-state index is 13.2. The Balaban J connectivity index is 1.84. The average molecular weight is 489 g/mol. The van der Waals surface area contributed by atoms with Crippen LogP contribution in [0.15, 0.2) is 48.5 Å². The van der Waals surface area contributed by atoms with E-state index >= 15 is 0 Å². The molecule has 186 valence electrons. The smallest absolute Gasteiger partial charge is 0.416 e. The van der Waals surface area contributed by atoms with Gasteiger partial charge in [0.15, 0.2) is 0 Å². The van der Waals surface area contributed by atoms with Crippen LogP contribution in [0.3, 0.4) is 0 Å². The first kappa shape index (κ1) is 26.0. The van der Waals surface area contributed by atoms with Gasteiger partial charge in [-0.1, -0.05) is 30.3 Å². The van der Waals surface area contributed by atoms with E-state index in [0.29, 0.717) is 38.1 Å². The number of carbonyl (C=O) groups is 1. The zero-order valence-electron chi connectivity index (χ0n) is 18.5. The molecular formula is C24H25F6NO3. The van der Waals surface area contributed by atoms with Crippen LogP contribution < -0.4 is 0 Å². The SMILES string of the molecule is COC(=O)CCN1CCC[C@@H](OCc2cc(C(F)(F)F)cc(C(F)(F)F)c2)[C@H]1c1ccccc1. The monoisotopic (exact) mass is 489 g/mol. The highest BCUT2D eigenvalue weighted by atomic mass is 19.4. The van der Waals surface area contributed by atoms with Crippen LogP contribution in [-0.2, 0) is 33.2 Å². The Kier molecular flexibility index (Phi) is 8.25. The lowest BCUT2D eigenvalue weighted by atomic mass is 9.92. The van der Waals surface area contributed by atoms with Gasteiger partial charge in [-0.2, -0.15) is 26.3 Å². The number of likely N-dealkylation sites (tertiary alicyclic amines) is 1. The Hall–Kier alpha value is -2.59. The van der Waals surface area contributed by atoms with Crippen LogP contribution in [0.25, 0.3) is 0 Å². The molecule has 0 aromatic heterocycles. The summed E-state index contributed by atoms with van der Waals surface area (Å²) in [7, 11) is 1.30. The predicted octanol–water partition coefficient (Wildman–Crippen LogP) is 6.01. The summed E-state index contributed by atoms with van der Waals surface area (Å²) in [4.78, 5) is 13.7. The van der Waals surface area contributed by atoms with Gasteiger partial charge in [0.1, 0.15) is 0 Å². The second-order valence-corrected chi connectivity index (χ2v) is 8.12. The molecule has 2 atom stereocenters. The van der Waals surface area contributed by atoms with Gasteiger partial charge in [-0.05, 0) is 48.7 Å². The number of halogens is 6. The van der Waals surface area contributed by atoms with Crippen molar-refractivity contribution in [1.82, 2.24) is 4.90 Å². The fraction of sp³-hybridized carbons (Fsp3) is 0.458. The van der Waals surface area contributed by atoms with E-state index in [-0.39, 0.29) is 30.1 Å². The number of ether oxygens (including phenoxy) is 2. The molecule has 3 rings (SSSR count). The Labute approximate surface area is 193 Å². The maximum Gasteiger partial charge on any atom is 0.416 e. The second kappa shape index (κ2) is 10.8. The van der Waals surface area contributed by atoms with Crippen LogP contribution in [0.1, 0.15) is 47.6 Å². The first-order valence-electron chi connectivity index (χ1n) is 10.7. The minimum Gasteiger partial charge on any atom is -0.469 e. The van der Waals surface area contributed by atoms with Gasteiger partial charge >= 0.3 is 18.3 Å². The lowest BCUT2D eigenvalue weighted by Crippen LogP contribution is -2.43. The molecule has 0 radical (unpaired) electrons. The highest BCUT2D eigenvalue weighted by Crippen LogP contribution is 2.38. The molecule has 0 amide bonds. The molecule has 34 heavy (non-hydrogen) atoms. The Morgan fingerprint density at radius 1 is 1.00 bits per heavy atom. The van der Waals surface area contributed by atoms with E-state index in [1.807, 2.05) is 35.2 Å². The van der Waals surface area contributed by atoms with E-state index in [4.69, 9.17) is 9.47 Å².